The number of guanidine groups is 1. The predicted octanol–water partition coefficient (Wildman–Crippen LogP) is 1.87. The Hall–Kier alpha value is -5.15. The maximum atomic E-state index is 14.0. The number of amidine groups is 1. The first-order valence-corrected chi connectivity index (χ1v) is 14.4. The number of amides is 3. The van der Waals surface area contributed by atoms with Gasteiger partial charge in [-0.05, 0) is 42.7 Å². The number of primary amides is 1. The SMILES string of the molecule is CC(C)(C)[C@H](NC(=O)[C@](C)(Cc1ccc(C(=N)N)cc1)c1ccccc1)C(=O)N[C@@H](CCCNC(=N)N)C(N)=O.O=C(O)C(F)(F)F. The lowest BCUT2D eigenvalue weighted by Crippen LogP contribution is -2.60. The molecule has 0 aliphatic heterocycles. The second kappa shape index (κ2) is 17.0. The maximum Gasteiger partial charge on any atom is 0.490 e. The third kappa shape index (κ3) is 13.0. The Bertz CT molecular complexity index is 1410. The minimum Gasteiger partial charge on any atom is -0.475 e. The van der Waals surface area contributed by atoms with Crippen LogP contribution in [-0.2, 0) is 31.0 Å². The lowest BCUT2D eigenvalue weighted by molar-refractivity contribution is -0.192. The van der Waals surface area contributed by atoms with Gasteiger partial charge in [0.1, 0.15) is 17.9 Å². The largest absolute Gasteiger partial charge is 0.490 e. The van der Waals surface area contributed by atoms with Gasteiger partial charge in [0.15, 0.2) is 5.96 Å². The molecule has 0 saturated heterocycles. The number of hydrogen-bond donors (Lipinski definition) is 9. The van der Waals surface area contributed by atoms with Crippen LogP contribution in [-0.4, -0.2) is 65.4 Å². The smallest absolute Gasteiger partial charge is 0.475 e. The number of hydrogen-bond acceptors (Lipinski definition) is 6. The van der Waals surface area contributed by atoms with Crippen LogP contribution in [0.25, 0.3) is 0 Å². The first-order chi connectivity index (χ1) is 21.6. The van der Waals surface area contributed by atoms with Crippen molar-refractivity contribution in [1.29, 1.82) is 10.8 Å². The van der Waals surface area contributed by atoms with Gasteiger partial charge in [-0.25, -0.2) is 4.79 Å². The van der Waals surface area contributed by atoms with Crippen LogP contribution in [0.1, 0.15) is 57.2 Å². The van der Waals surface area contributed by atoms with Crippen molar-refractivity contribution < 1.29 is 37.5 Å². The molecule has 258 valence electrons. The molecular weight excluding hydrogens is 621 g/mol. The fraction of sp³-hybridized carbons (Fsp3) is 0.419. The van der Waals surface area contributed by atoms with E-state index in [2.05, 4.69) is 16.0 Å². The van der Waals surface area contributed by atoms with Gasteiger partial charge in [0.25, 0.3) is 0 Å². The summed E-state index contributed by atoms with van der Waals surface area (Å²) in [6, 6.07) is 14.5. The number of rotatable bonds is 13. The number of halogens is 3. The van der Waals surface area contributed by atoms with Crippen molar-refractivity contribution in [2.45, 2.75) is 70.6 Å². The van der Waals surface area contributed by atoms with Crippen LogP contribution in [0.2, 0.25) is 0 Å². The second-order valence-corrected chi connectivity index (χ2v) is 12.0. The lowest BCUT2D eigenvalue weighted by atomic mass is 9.75. The molecule has 0 fully saturated rings. The molecule has 3 atom stereocenters. The fourth-order valence-corrected chi connectivity index (χ4v) is 4.37. The van der Waals surface area contributed by atoms with E-state index >= 15 is 0 Å². The first kappa shape index (κ1) is 39.9. The standard InChI is InChI=1S/C29H42N8O3.C2HF3O2/c1-28(2,3)22(25(39)36-21(24(32)38)11-8-16-35-27(33)34)37-26(40)29(4,20-9-6-5-7-10-20)17-18-12-14-19(15-13-18)23(30)31;3-2(4,5)1(6)7/h5-7,9-10,12-15,21-22H,8,11,16-17H2,1-4H3,(H3,30,31)(H2,32,38)(H,36,39)(H,37,40)(H4,33,34,35);(H,6,7)/t21-,22+,29+;/m0./s1. The Kier molecular flexibility index (Phi) is 14.4. The Morgan fingerprint density at radius 2 is 1.40 bits per heavy atom. The number of alkyl halides is 3. The van der Waals surface area contributed by atoms with Crippen LogP contribution in [0, 0.1) is 16.2 Å². The predicted molar refractivity (Wildman–Crippen MR) is 170 cm³/mol. The van der Waals surface area contributed by atoms with E-state index in [1.54, 1.807) is 12.1 Å². The third-order valence-electron chi connectivity index (χ3n) is 7.03. The van der Waals surface area contributed by atoms with Gasteiger partial charge >= 0.3 is 12.1 Å². The summed E-state index contributed by atoms with van der Waals surface area (Å²) >= 11 is 0. The number of carboxylic acid groups (broad SMARTS) is 1. The van der Waals surface area contributed by atoms with Crippen LogP contribution in [0.5, 0.6) is 0 Å². The minimum absolute atomic E-state index is 0.0430. The van der Waals surface area contributed by atoms with Gasteiger partial charge in [0, 0.05) is 12.1 Å². The number of nitrogen functional groups attached to an aromatic ring is 1. The molecule has 0 aliphatic rings. The molecule has 0 aliphatic carbocycles. The van der Waals surface area contributed by atoms with Gasteiger partial charge in [-0.2, -0.15) is 13.2 Å². The molecule has 0 bridgehead atoms. The Labute approximate surface area is 270 Å². The highest BCUT2D eigenvalue weighted by Crippen LogP contribution is 2.30. The normalized spacial score (nSPS) is 13.8. The van der Waals surface area contributed by atoms with Crippen molar-refractivity contribution in [1.82, 2.24) is 16.0 Å². The molecule has 2 rings (SSSR count). The molecule has 0 radical (unpaired) electrons. The summed E-state index contributed by atoms with van der Waals surface area (Å²) in [7, 11) is 0. The third-order valence-corrected chi connectivity index (χ3v) is 7.03. The zero-order valence-electron chi connectivity index (χ0n) is 26.6. The van der Waals surface area contributed by atoms with Crippen LogP contribution in [0.15, 0.2) is 54.6 Å². The zero-order chi connectivity index (χ0) is 36.2. The van der Waals surface area contributed by atoms with Crippen LogP contribution < -0.4 is 33.2 Å². The van der Waals surface area contributed by atoms with E-state index in [0.29, 0.717) is 24.9 Å². The topological polar surface area (TPSA) is 250 Å². The van der Waals surface area contributed by atoms with Crippen LogP contribution >= 0.6 is 0 Å². The van der Waals surface area contributed by atoms with Gasteiger partial charge in [-0.3, -0.25) is 25.2 Å². The molecule has 0 aromatic heterocycles. The Morgan fingerprint density at radius 1 is 0.872 bits per heavy atom. The van der Waals surface area contributed by atoms with Crippen molar-refractivity contribution >= 4 is 35.5 Å². The van der Waals surface area contributed by atoms with E-state index in [4.69, 9.17) is 37.9 Å². The van der Waals surface area contributed by atoms with Gasteiger partial charge in [0.05, 0.1) is 5.41 Å². The van der Waals surface area contributed by atoms with Gasteiger partial charge < -0.3 is 38.3 Å². The molecule has 12 N–H and O–H groups in total. The van der Waals surface area contributed by atoms with E-state index in [1.807, 2.05) is 70.2 Å². The van der Waals surface area contributed by atoms with Crippen molar-refractivity contribution in [3.63, 3.8) is 0 Å². The van der Waals surface area contributed by atoms with Crippen molar-refractivity contribution in [3.05, 3.63) is 71.3 Å². The van der Waals surface area contributed by atoms with Gasteiger partial charge in [-0.15, -0.1) is 0 Å². The van der Waals surface area contributed by atoms with Crippen LogP contribution in [0.3, 0.4) is 0 Å². The fourth-order valence-electron chi connectivity index (χ4n) is 4.37. The monoisotopic (exact) mass is 664 g/mol. The highest BCUT2D eigenvalue weighted by Gasteiger charge is 2.41. The number of nitrogens with two attached hydrogens (primary N) is 3. The summed E-state index contributed by atoms with van der Waals surface area (Å²) < 4.78 is 31.7. The molecule has 13 nitrogen and oxygen atoms in total. The zero-order valence-corrected chi connectivity index (χ0v) is 26.6. The Balaban J connectivity index is 0.00000141. The summed E-state index contributed by atoms with van der Waals surface area (Å²) in [5.41, 5.74) is 16.9. The molecule has 16 heteroatoms. The van der Waals surface area contributed by atoms with Gasteiger partial charge in [0.2, 0.25) is 17.7 Å². The molecule has 0 unspecified atom stereocenters. The molecule has 0 saturated carbocycles. The van der Waals surface area contributed by atoms with Crippen molar-refractivity contribution in [3.8, 4) is 0 Å². The highest BCUT2D eigenvalue weighted by molar-refractivity contribution is 5.96. The maximum absolute atomic E-state index is 14.0. The lowest BCUT2D eigenvalue weighted by Gasteiger charge is -2.36. The van der Waals surface area contributed by atoms with Gasteiger partial charge in [-0.1, -0.05) is 75.4 Å². The minimum atomic E-state index is -5.08. The summed E-state index contributed by atoms with van der Waals surface area (Å²) in [4.78, 5) is 48.5. The molecule has 0 heterocycles. The number of carbonyl (C=O) groups is 4. The molecule has 47 heavy (non-hydrogen) atoms. The second-order valence-electron chi connectivity index (χ2n) is 12.0. The summed E-state index contributed by atoms with van der Waals surface area (Å²) in [5, 5.41) is 30.3. The average molecular weight is 665 g/mol. The highest BCUT2D eigenvalue weighted by atomic mass is 19.4. The summed E-state index contributed by atoms with van der Waals surface area (Å²) in [5.74, 6) is -4.56. The van der Waals surface area contributed by atoms with E-state index in [0.717, 1.165) is 11.1 Å². The van der Waals surface area contributed by atoms with Crippen molar-refractivity contribution in [2.75, 3.05) is 6.54 Å². The Morgan fingerprint density at radius 3 is 1.83 bits per heavy atom. The molecule has 0 spiro atoms. The van der Waals surface area contributed by atoms with E-state index in [1.165, 1.54) is 0 Å². The first-order valence-electron chi connectivity index (χ1n) is 14.4. The van der Waals surface area contributed by atoms with E-state index in [-0.39, 0.29) is 24.1 Å². The number of benzene rings is 2. The number of carbonyl (C=O) groups excluding carboxylic acids is 3. The molecular formula is C31H43F3N8O5. The van der Waals surface area contributed by atoms with E-state index < -0.39 is 46.9 Å². The summed E-state index contributed by atoms with van der Waals surface area (Å²) in [6.07, 6.45) is -4.08. The molecule has 2 aromatic carbocycles. The van der Waals surface area contributed by atoms with Crippen LogP contribution in [0.4, 0.5) is 13.2 Å². The summed E-state index contributed by atoms with van der Waals surface area (Å²) in [6.45, 7) is 7.65. The average Bonchev–Trinajstić information content (AvgIpc) is 2.96. The number of carboxylic acids is 1. The molecule has 2 aromatic rings. The number of aliphatic carboxylic acids is 1. The quantitative estimate of drug-likeness (QED) is 0.0866. The molecule has 3 amide bonds. The van der Waals surface area contributed by atoms with E-state index in [9.17, 15) is 27.6 Å². The number of nitrogens with one attached hydrogen (secondary N) is 5. The van der Waals surface area contributed by atoms with Crippen molar-refractivity contribution in [2.24, 2.45) is 22.6 Å².